The van der Waals surface area contributed by atoms with Crippen LogP contribution in [-0.4, -0.2) is 0 Å². The molecule has 0 heterocycles. The van der Waals surface area contributed by atoms with Crippen molar-refractivity contribution in [3.8, 4) is 23.0 Å². The lowest BCUT2D eigenvalue weighted by Crippen LogP contribution is -1.88. The number of halogens is 3. The summed E-state index contributed by atoms with van der Waals surface area (Å²) in [6, 6.07) is 15.2. The molecule has 0 N–H and O–H groups in total. The Morgan fingerprint density at radius 3 is 2.21 bits per heavy atom. The monoisotopic (exact) mass is 406 g/mol. The van der Waals surface area contributed by atoms with Crippen LogP contribution in [0.3, 0.4) is 0 Å². The zero-order valence-corrected chi connectivity index (χ0v) is 17.0. The van der Waals surface area contributed by atoms with E-state index in [0.717, 1.165) is 30.5 Å². The fraction of sp³-hybridized carbons (Fsp3) is 0.231. The summed E-state index contributed by atoms with van der Waals surface area (Å²) in [4.78, 5) is 0. The van der Waals surface area contributed by atoms with E-state index in [-0.39, 0.29) is 5.56 Å². The molecule has 0 aliphatic heterocycles. The maximum atomic E-state index is 13.6. The predicted molar refractivity (Wildman–Crippen MR) is 115 cm³/mol. The minimum atomic E-state index is -0.796. The van der Waals surface area contributed by atoms with Crippen molar-refractivity contribution in [1.29, 1.82) is 0 Å². The Labute approximate surface area is 175 Å². The third-order valence-electron chi connectivity index (χ3n) is 5.35. The molecule has 0 radical (unpaired) electrons. The summed E-state index contributed by atoms with van der Waals surface area (Å²) in [5.74, 6) is 4.25. The molecule has 0 saturated carbocycles. The Kier molecular flexibility index (Phi) is 5.69. The number of fused-ring (bicyclic) bond motifs is 3. The molecule has 1 aliphatic rings. The molecule has 0 amide bonds. The van der Waals surface area contributed by atoms with Gasteiger partial charge in [-0.1, -0.05) is 67.5 Å². The molecule has 4 rings (SSSR count). The van der Waals surface area contributed by atoms with E-state index in [1.807, 2.05) is 6.07 Å². The van der Waals surface area contributed by atoms with Gasteiger partial charge in [-0.25, -0.2) is 8.78 Å². The number of benzene rings is 3. The summed E-state index contributed by atoms with van der Waals surface area (Å²) in [5, 5.41) is -0.500. The van der Waals surface area contributed by atoms with Crippen LogP contribution in [0.25, 0.3) is 11.1 Å². The number of unbranched alkanes of at least 4 members (excludes halogenated alkanes) is 2. The van der Waals surface area contributed by atoms with E-state index in [0.29, 0.717) is 0 Å². The highest BCUT2D eigenvalue weighted by Gasteiger charge is 2.18. The zero-order valence-electron chi connectivity index (χ0n) is 16.3. The van der Waals surface area contributed by atoms with Crippen molar-refractivity contribution in [1.82, 2.24) is 0 Å². The van der Waals surface area contributed by atoms with Gasteiger partial charge in [0.25, 0.3) is 0 Å². The van der Waals surface area contributed by atoms with Gasteiger partial charge in [0, 0.05) is 11.1 Å². The highest BCUT2D eigenvalue weighted by atomic mass is 35.5. The molecule has 3 aromatic rings. The maximum absolute atomic E-state index is 13.6. The molecule has 0 nitrogen and oxygen atoms in total. The van der Waals surface area contributed by atoms with Crippen LogP contribution < -0.4 is 0 Å². The largest absolute Gasteiger partial charge is 0.205 e. The number of hydrogen-bond donors (Lipinski definition) is 0. The molecule has 0 fully saturated rings. The van der Waals surface area contributed by atoms with Gasteiger partial charge in [0.1, 0.15) is 16.7 Å². The second-order valence-electron chi connectivity index (χ2n) is 7.50. The van der Waals surface area contributed by atoms with E-state index in [2.05, 4.69) is 49.1 Å². The molecular formula is C26H21ClF2. The molecule has 3 aromatic carbocycles. The first-order valence-corrected chi connectivity index (χ1v) is 10.3. The summed E-state index contributed by atoms with van der Waals surface area (Å²) in [6.45, 7) is 2.22. The van der Waals surface area contributed by atoms with Crippen molar-refractivity contribution < 1.29 is 8.78 Å². The van der Waals surface area contributed by atoms with Crippen molar-refractivity contribution in [3.63, 3.8) is 0 Å². The summed E-state index contributed by atoms with van der Waals surface area (Å²) < 4.78 is 27.2. The Morgan fingerprint density at radius 2 is 1.48 bits per heavy atom. The van der Waals surface area contributed by atoms with E-state index in [4.69, 9.17) is 11.6 Å². The van der Waals surface area contributed by atoms with Crippen LogP contribution in [-0.2, 0) is 12.8 Å². The van der Waals surface area contributed by atoms with Crippen LogP contribution in [0.5, 0.6) is 0 Å². The lowest BCUT2D eigenvalue weighted by Gasteiger charge is -2.05. The first-order valence-electron chi connectivity index (χ1n) is 9.97. The Hall–Kier alpha value is -2.63. The molecule has 0 bridgehead atoms. The average Bonchev–Trinajstić information content (AvgIpc) is 3.07. The molecule has 146 valence electrons. The molecule has 0 atom stereocenters. The Morgan fingerprint density at radius 1 is 0.828 bits per heavy atom. The van der Waals surface area contributed by atoms with Crippen LogP contribution in [0.15, 0.2) is 48.5 Å². The molecule has 0 spiro atoms. The SMILES string of the molecule is CCCCCc1ccc2c(c1)Cc1cc(C#Cc3cc(F)c(Cl)c(F)c3)ccc1-2. The molecule has 1 aliphatic carbocycles. The third kappa shape index (κ3) is 4.21. The van der Waals surface area contributed by atoms with Crippen LogP contribution in [0.4, 0.5) is 8.78 Å². The molecular weight excluding hydrogens is 386 g/mol. The van der Waals surface area contributed by atoms with Crippen molar-refractivity contribution in [3.05, 3.63) is 93.0 Å². The molecule has 0 unspecified atom stereocenters. The van der Waals surface area contributed by atoms with Gasteiger partial charge in [-0.05, 0) is 71.3 Å². The molecule has 0 aromatic heterocycles. The van der Waals surface area contributed by atoms with Crippen molar-refractivity contribution >= 4 is 11.6 Å². The number of aryl methyl sites for hydroxylation is 1. The predicted octanol–water partition coefficient (Wildman–Crippen LogP) is 7.32. The van der Waals surface area contributed by atoms with E-state index in [1.54, 1.807) is 0 Å². The van der Waals surface area contributed by atoms with E-state index in [9.17, 15) is 8.78 Å². The molecule has 3 heteroatoms. The first-order chi connectivity index (χ1) is 14.0. The van der Waals surface area contributed by atoms with Crippen molar-refractivity contribution in [2.24, 2.45) is 0 Å². The first kappa shape index (κ1) is 19.7. The van der Waals surface area contributed by atoms with E-state index in [1.165, 1.54) is 47.1 Å². The van der Waals surface area contributed by atoms with Gasteiger partial charge in [0.15, 0.2) is 0 Å². The second kappa shape index (κ2) is 8.39. The fourth-order valence-corrected chi connectivity index (χ4v) is 3.96. The lowest BCUT2D eigenvalue weighted by atomic mass is 10.00. The summed E-state index contributed by atoms with van der Waals surface area (Å²) in [5.41, 5.74) is 7.64. The lowest BCUT2D eigenvalue weighted by molar-refractivity contribution is 0.583. The van der Waals surface area contributed by atoms with Gasteiger partial charge in [0.05, 0.1) is 0 Å². The minimum Gasteiger partial charge on any atom is -0.205 e. The van der Waals surface area contributed by atoms with Gasteiger partial charge in [-0.2, -0.15) is 0 Å². The Balaban J connectivity index is 1.56. The topological polar surface area (TPSA) is 0 Å². The highest BCUT2D eigenvalue weighted by Crippen LogP contribution is 2.37. The normalized spacial score (nSPS) is 11.6. The van der Waals surface area contributed by atoms with Crippen LogP contribution >= 0.6 is 11.6 Å². The van der Waals surface area contributed by atoms with Gasteiger partial charge >= 0.3 is 0 Å². The quantitative estimate of drug-likeness (QED) is 0.189. The van der Waals surface area contributed by atoms with E-state index < -0.39 is 16.7 Å². The van der Waals surface area contributed by atoms with Crippen LogP contribution in [0.2, 0.25) is 5.02 Å². The highest BCUT2D eigenvalue weighted by molar-refractivity contribution is 6.30. The van der Waals surface area contributed by atoms with Gasteiger partial charge in [-0.15, -0.1) is 0 Å². The average molecular weight is 407 g/mol. The van der Waals surface area contributed by atoms with Gasteiger partial charge in [-0.3, -0.25) is 0 Å². The van der Waals surface area contributed by atoms with Crippen molar-refractivity contribution in [2.75, 3.05) is 0 Å². The Bertz CT molecular complexity index is 1110. The van der Waals surface area contributed by atoms with Crippen molar-refractivity contribution in [2.45, 2.75) is 39.0 Å². The second-order valence-corrected chi connectivity index (χ2v) is 7.88. The molecule has 0 saturated heterocycles. The maximum Gasteiger partial charge on any atom is 0.146 e. The van der Waals surface area contributed by atoms with Crippen LogP contribution in [0, 0.1) is 23.5 Å². The summed E-state index contributed by atoms with van der Waals surface area (Å²) in [7, 11) is 0. The summed E-state index contributed by atoms with van der Waals surface area (Å²) >= 11 is 5.52. The van der Waals surface area contributed by atoms with Crippen LogP contribution in [0.1, 0.15) is 54.0 Å². The van der Waals surface area contributed by atoms with E-state index >= 15 is 0 Å². The standard InChI is InChI=1S/C26H21ClF2/c1-2-3-4-5-17-8-10-22-20(12-17)16-21-13-18(9-11-23(21)22)6-7-19-14-24(28)26(27)25(29)15-19/h8-15H,2-5,16H2,1H3. The number of rotatable bonds is 4. The number of hydrogen-bond acceptors (Lipinski definition) is 0. The fourth-order valence-electron chi connectivity index (χ4n) is 3.85. The van der Waals surface area contributed by atoms with Gasteiger partial charge < -0.3 is 0 Å². The minimum absolute atomic E-state index is 0.268. The zero-order chi connectivity index (χ0) is 20.4. The molecule has 29 heavy (non-hydrogen) atoms. The smallest absolute Gasteiger partial charge is 0.146 e. The third-order valence-corrected chi connectivity index (χ3v) is 5.71. The summed E-state index contributed by atoms with van der Waals surface area (Å²) in [6.07, 6.45) is 5.75. The van der Waals surface area contributed by atoms with Gasteiger partial charge in [0.2, 0.25) is 0 Å².